The van der Waals surface area contributed by atoms with E-state index in [1.165, 1.54) is 0 Å². The van der Waals surface area contributed by atoms with E-state index < -0.39 is 17.0 Å². The summed E-state index contributed by atoms with van der Waals surface area (Å²) >= 11 is 0. The molecule has 0 aliphatic heterocycles. The molecule has 0 fully saturated rings. The van der Waals surface area contributed by atoms with Gasteiger partial charge in [0.25, 0.3) is 0 Å². The van der Waals surface area contributed by atoms with Crippen molar-refractivity contribution in [1.29, 1.82) is 0 Å². The second kappa shape index (κ2) is 6.90. The normalized spacial score (nSPS) is 13.8. The first kappa shape index (κ1) is 16.3. The van der Waals surface area contributed by atoms with Gasteiger partial charge in [-0.25, -0.2) is 0 Å². The fraction of sp³-hybridized carbons (Fsp3) is 0.375. The van der Waals surface area contributed by atoms with Gasteiger partial charge in [0.15, 0.2) is 0 Å². The minimum Gasteiger partial charge on any atom is -0.289 e. The quantitative estimate of drug-likeness (QED) is 0.406. The van der Waals surface area contributed by atoms with E-state index in [0.29, 0.717) is 5.57 Å². The molecule has 2 nitrogen and oxygen atoms in total. The maximum atomic E-state index is 12.3. The predicted molar refractivity (Wildman–Crippen MR) is 76.3 cm³/mol. The Labute approximate surface area is 110 Å². The number of ketones is 2. The van der Waals surface area contributed by atoms with Gasteiger partial charge in [-0.05, 0) is 34.6 Å². The van der Waals surface area contributed by atoms with Crippen molar-refractivity contribution in [3.05, 3.63) is 48.1 Å². The van der Waals surface area contributed by atoms with E-state index in [-0.39, 0.29) is 0 Å². The molecular formula is C16H22O2. The molecule has 0 saturated heterocycles. The summed E-state index contributed by atoms with van der Waals surface area (Å²) in [6.07, 6.45) is 8.44. The Balaban J connectivity index is 5.35. The van der Waals surface area contributed by atoms with Crippen LogP contribution in [0.3, 0.4) is 0 Å². The van der Waals surface area contributed by atoms with E-state index in [2.05, 4.69) is 6.58 Å². The number of hydrogen-bond acceptors (Lipinski definition) is 2. The topological polar surface area (TPSA) is 34.1 Å². The lowest BCUT2D eigenvalue weighted by atomic mass is 9.78. The molecule has 0 aliphatic carbocycles. The van der Waals surface area contributed by atoms with Gasteiger partial charge in [0.05, 0.1) is 5.41 Å². The zero-order valence-corrected chi connectivity index (χ0v) is 11.9. The summed E-state index contributed by atoms with van der Waals surface area (Å²) in [5, 5.41) is 0. The van der Waals surface area contributed by atoms with Crippen LogP contribution < -0.4 is 0 Å². The molecule has 0 N–H and O–H groups in total. The number of carbonyl (C=O) groups excluding carboxylic acids is 2. The van der Waals surface area contributed by atoms with Crippen molar-refractivity contribution in [3.63, 3.8) is 0 Å². The molecule has 0 unspecified atom stereocenters. The van der Waals surface area contributed by atoms with E-state index in [4.69, 9.17) is 0 Å². The van der Waals surface area contributed by atoms with Crippen molar-refractivity contribution >= 4 is 11.6 Å². The van der Waals surface area contributed by atoms with Gasteiger partial charge in [-0.15, -0.1) is 0 Å². The minimum atomic E-state index is -0.804. The lowest BCUT2D eigenvalue weighted by molar-refractivity contribution is -0.138. The maximum absolute atomic E-state index is 12.3. The molecule has 0 saturated carbocycles. The van der Waals surface area contributed by atoms with E-state index in [9.17, 15) is 9.59 Å². The molecule has 98 valence electrons. The van der Waals surface area contributed by atoms with Crippen molar-refractivity contribution in [2.45, 2.75) is 34.6 Å². The Bertz CT molecular complexity index is 432. The molecule has 0 radical (unpaired) electrons. The van der Waals surface area contributed by atoms with Gasteiger partial charge in [0.1, 0.15) is 0 Å². The van der Waals surface area contributed by atoms with Crippen LogP contribution in [0.5, 0.6) is 0 Å². The molecule has 0 aliphatic rings. The lowest BCUT2D eigenvalue weighted by Crippen LogP contribution is -2.33. The highest BCUT2D eigenvalue weighted by molar-refractivity contribution is 6.46. The van der Waals surface area contributed by atoms with Gasteiger partial charge in [-0.3, -0.25) is 9.59 Å². The zero-order chi connectivity index (χ0) is 14.3. The van der Waals surface area contributed by atoms with Crippen LogP contribution in [0.1, 0.15) is 34.6 Å². The van der Waals surface area contributed by atoms with Gasteiger partial charge in [-0.1, -0.05) is 42.5 Å². The first-order valence-electron chi connectivity index (χ1n) is 6.00. The lowest BCUT2D eigenvalue weighted by Gasteiger charge is -2.23. The molecule has 0 amide bonds. The molecule has 0 aromatic carbocycles. The third kappa shape index (κ3) is 3.66. The van der Waals surface area contributed by atoms with Crippen molar-refractivity contribution < 1.29 is 9.59 Å². The first-order valence-corrected chi connectivity index (χ1v) is 6.00. The third-order valence-corrected chi connectivity index (χ3v) is 3.05. The van der Waals surface area contributed by atoms with Gasteiger partial charge >= 0.3 is 0 Å². The van der Waals surface area contributed by atoms with E-state index >= 15 is 0 Å². The summed E-state index contributed by atoms with van der Waals surface area (Å²) in [5.41, 5.74) is 0.454. The van der Waals surface area contributed by atoms with Crippen molar-refractivity contribution in [2.75, 3.05) is 0 Å². The second-order valence-electron chi connectivity index (χ2n) is 4.61. The molecule has 0 aromatic rings. The molecule has 0 bridgehead atoms. The number of Topliss-reactive ketones (excluding diaryl/α,β-unsaturated/α-hetero) is 2. The van der Waals surface area contributed by atoms with Gasteiger partial charge in [-0.2, -0.15) is 0 Å². The summed E-state index contributed by atoms with van der Waals surface area (Å²) in [4.78, 5) is 24.4. The molecule has 0 atom stereocenters. The number of hydrogen-bond donors (Lipinski definition) is 0. The number of allylic oxidation sites excluding steroid dienone is 7. The molecule has 0 heterocycles. The smallest absolute Gasteiger partial charge is 0.229 e. The van der Waals surface area contributed by atoms with Crippen LogP contribution in [0.2, 0.25) is 0 Å². The highest BCUT2D eigenvalue weighted by atomic mass is 16.2. The first-order chi connectivity index (χ1) is 8.32. The van der Waals surface area contributed by atoms with E-state index in [1.54, 1.807) is 51.2 Å². The van der Waals surface area contributed by atoms with E-state index in [0.717, 1.165) is 5.57 Å². The fourth-order valence-corrected chi connectivity index (χ4v) is 1.46. The van der Waals surface area contributed by atoms with E-state index in [1.807, 2.05) is 13.8 Å². The van der Waals surface area contributed by atoms with Gasteiger partial charge in [0.2, 0.25) is 11.6 Å². The highest BCUT2D eigenvalue weighted by Crippen LogP contribution is 2.28. The number of rotatable bonds is 6. The zero-order valence-electron chi connectivity index (χ0n) is 11.9. The van der Waals surface area contributed by atoms with Crippen LogP contribution in [0, 0.1) is 5.41 Å². The average Bonchev–Trinajstić information content (AvgIpc) is 2.34. The molecule has 0 aromatic heterocycles. The summed E-state index contributed by atoms with van der Waals surface area (Å²) < 4.78 is 0. The largest absolute Gasteiger partial charge is 0.289 e. The van der Waals surface area contributed by atoms with Crippen LogP contribution >= 0.6 is 0 Å². The Hall–Kier alpha value is -1.70. The minimum absolute atomic E-state index is 0.399. The van der Waals surface area contributed by atoms with Crippen molar-refractivity contribution in [3.8, 4) is 0 Å². The summed E-state index contributed by atoms with van der Waals surface area (Å²) in [6, 6.07) is 0. The average molecular weight is 246 g/mol. The molecule has 0 rings (SSSR count). The van der Waals surface area contributed by atoms with Crippen LogP contribution in [0.25, 0.3) is 0 Å². The standard InChI is InChI=1S/C16H22O2/c1-7-10-12(4)16(5,6)15(18)14(17)13(9-3)11-8-2/h7-11H,1H2,2-6H3. The molecule has 18 heavy (non-hydrogen) atoms. The molecule has 2 heteroatoms. The van der Waals surface area contributed by atoms with Crippen molar-refractivity contribution in [2.24, 2.45) is 5.41 Å². The Morgan fingerprint density at radius 1 is 1.17 bits per heavy atom. The molecule has 0 spiro atoms. The summed E-state index contributed by atoms with van der Waals surface area (Å²) in [7, 11) is 0. The third-order valence-electron chi connectivity index (χ3n) is 3.05. The summed E-state index contributed by atoms with van der Waals surface area (Å²) in [5.74, 6) is -0.846. The van der Waals surface area contributed by atoms with Crippen molar-refractivity contribution in [1.82, 2.24) is 0 Å². The van der Waals surface area contributed by atoms with Crippen LogP contribution in [-0.2, 0) is 9.59 Å². The Kier molecular flexibility index (Phi) is 6.24. The maximum Gasteiger partial charge on any atom is 0.229 e. The summed E-state index contributed by atoms with van der Waals surface area (Å²) in [6.45, 7) is 12.5. The van der Waals surface area contributed by atoms with Crippen LogP contribution in [0.4, 0.5) is 0 Å². The van der Waals surface area contributed by atoms with Gasteiger partial charge < -0.3 is 0 Å². The Morgan fingerprint density at radius 2 is 1.72 bits per heavy atom. The monoisotopic (exact) mass is 246 g/mol. The predicted octanol–water partition coefficient (Wildman–Crippen LogP) is 3.81. The van der Waals surface area contributed by atoms with Crippen LogP contribution in [-0.4, -0.2) is 11.6 Å². The van der Waals surface area contributed by atoms with Crippen LogP contribution in [0.15, 0.2) is 48.1 Å². The second-order valence-corrected chi connectivity index (χ2v) is 4.61. The Morgan fingerprint density at radius 3 is 2.11 bits per heavy atom. The molecular weight excluding hydrogens is 224 g/mol. The number of carbonyl (C=O) groups is 2. The fourth-order valence-electron chi connectivity index (χ4n) is 1.46. The SMILES string of the molecule is C=CC=C(C)C(C)(C)C(=O)C(=O)C(C=CC)=CC. The van der Waals surface area contributed by atoms with Gasteiger partial charge in [0, 0.05) is 5.57 Å². The highest BCUT2D eigenvalue weighted by Gasteiger charge is 2.34.